The smallest absolute Gasteiger partial charge is 0.272 e. The highest BCUT2D eigenvalue weighted by molar-refractivity contribution is 9.10. The van der Waals surface area contributed by atoms with Gasteiger partial charge in [-0.3, -0.25) is 14.4 Å². The average Bonchev–Trinajstić information content (AvgIpc) is 3.06. The Morgan fingerprint density at radius 3 is 2.00 bits per heavy atom. The van der Waals surface area contributed by atoms with Crippen molar-refractivity contribution in [3.8, 4) is 11.5 Å². The van der Waals surface area contributed by atoms with Crippen molar-refractivity contribution in [1.29, 1.82) is 0 Å². The van der Waals surface area contributed by atoms with E-state index in [9.17, 15) is 14.4 Å². The first-order valence-electron chi connectivity index (χ1n) is 13.9. The van der Waals surface area contributed by atoms with E-state index in [4.69, 9.17) is 4.74 Å². The molecule has 5 rings (SSSR count). The molecule has 0 aliphatic heterocycles. The van der Waals surface area contributed by atoms with Gasteiger partial charge in [0, 0.05) is 26.3 Å². The van der Waals surface area contributed by atoms with Crippen LogP contribution in [-0.4, -0.2) is 23.5 Å². The van der Waals surface area contributed by atoms with E-state index in [2.05, 4.69) is 31.9 Å². The SMILES string of the molecule is O=C(CSc1ccc(NC(=O)/C(=C/c2cccc(Br)c2)NC(=O)c2ccccc2)cc1)Nc1ccc(Oc2ccccc2)cc1. The van der Waals surface area contributed by atoms with Gasteiger partial charge in [-0.1, -0.05) is 64.5 Å². The fraction of sp³-hybridized carbons (Fsp3) is 0.0278. The number of ether oxygens (including phenoxy) is 1. The fourth-order valence-electron chi connectivity index (χ4n) is 4.12. The van der Waals surface area contributed by atoms with E-state index in [0.717, 1.165) is 20.7 Å². The molecule has 0 fully saturated rings. The summed E-state index contributed by atoms with van der Waals surface area (Å²) in [6.45, 7) is 0. The van der Waals surface area contributed by atoms with E-state index < -0.39 is 11.8 Å². The van der Waals surface area contributed by atoms with Gasteiger partial charge in [0.2, 0.25) is 5.91 Å². The number of benzene rings is 5. The molecule has 3 N–H and O–H groups in total. The van der Waals surface area contributed by atoms with Crippen LogP contribution in [-0.2, 0) is 9.59 Å². The van der Waals surface area contributed by atoms with Gasteiger partial charge in [-0.25, -0.2) is 0 Å². The Kier molecular flexibility index (Phi) is 10.8. The zero-order valence-corrected chi connectivity index (χ0v) is 26.3. The summed E-state index contributed by atoms with van der Waals surface area (Å²) in [7, 11) is 0. The maximum atomic E-state index is 13.3. The average molecular weight is 679 g/mol. The van der Waals surface area contributed by atoms with Crippen LogP contribution in [0.25, 0.3) is 6.08 Å². The van der Waals surface area contributed by atoms with Crippen LogP contribution in [0.3, 0.4) is 0 Å². The van der Waals surface area contributed by atoms with Crippen molar-refractivity contribution in [2.75, 3.05) is 16.4 Å². The Balaban J connectivity index is 1.16. The summed E-state index contributed by atoms with van der Waals surface area (Å²) < 4.78 is 6.64. The number of rotatable bonds is 11. The molecule has 7 nitrogen and oxygen atoms in total. The summed E-state index contributed by atoms with van der Waals surface area (Å²) in [6.07, 6.45) is 1.62. The molecule has 0 aromatic heterocycles. The van der Waals surface area contributed by atoms with Crippen molar-refractivity contribution in [2.45, 2.75) is 4.90 Å². The van der Waals surface area contributed by atoms with Crippen LogP contribution in [0.1, 0.15) is 15.9 Å². The van der Waals surface area contributed by atoms with E-state index in [1.165, 1.54) is 11.8 Å². The lowest BCUT2D eigenvalue weighted by molar-refractivity contribution is -0.114. The van der Waals surface area contributed by atoms with E-state index in [0.29, 0.717) is 22.7 Å². The van der Waals surface area contributed by atoms with Crippen molar-refractivity contribution in [3.63, 3.8) is 0 Å². The zero-order chi connectivity index (χ0) is 31.4. The second-order valence-corrected chi connectivity index (χ2v) is 11.7. The quantitative estimate of drug-likeness (QED) is 0.0964. The predicted octanol–water partition coefficient (Wildman–Crippen LogP) is 8.38. The monoisotopic (exact) mass is 677 g/mol. The van der Waals surface area contributed by atoms with Crippen LogP contribution in [0.15, 0.2) is 149 Å². The number of halogens is 1. The minimum absolute atomic E-state index is 0.0942. The third-order valence-electron chi connectivity index (χ3n) is 6.29. The van der Waals surface area contributed by atoms with E-state index in [1.54, 1.807) is 66.7 Å². The molecule has 0 heterocycles. The second-order valence-electron chi connectivity index (χ2n) is 9.69. The highest BCUT2D eigenvalue weighted by atomic mass is 79.9. The molecular weight excluding hydrogens is 650 g/mol. The van der Waals surface area contributed by atoms with Crippen molar-refractivity contribution in [3.05, 3.63) is 155 Å². The first-order valence-corrected chi connectivity index (χ1v) is 15.7. The Morgan fingerprint density at radius 1 is 0.689 bits per heavy atom. The van der Waals surface area contributed by atoms with Crippen LogP contribution < -0.4 is 20.7 Å². The lowest BCUT2D eigenvalue weighted by atomic mass is 10.1. The number of carbonyl (C=O) groups excluding carboxylic acids is 3. The maximum absolute atomic E-state index is 13.3. The molecule has 0 atom stereocenters. The predicted molar refractivity (Wildman–Crippen MR) is 183 cm³/mol. The topological polar surface area (TPSA) is 96.5 Å². The van der Waals surface area contributed by atoms with Gasteiger partial charge in [0.05, 0.1) is 5.75 Å². The summed E-state index contributed by atoms with van der Waals surface area (Å²) >= 11 is 4.81. The van der Waals surface area contributed by atoms with E-state index in [1.807, 2.05) is 72.8 Å². The molecule has 0 aliphatic rings. The fourth-order valence-corrected chi connectivity index (χ4v) is 5.23. The molecule has 45 heavy (non-hydrogen) atoms. The number of nitrogens with one attached hydrogen (secondary N) is 3. The Hall–Kier alpha value is -5.12. The number of carbonyl (C=O) groups is 3. The summed E-state index contributed by atoms with van der Waals surface area (Å²) in [6, 6.07) is 39.9. The van der Waals surface area contributed by atoms with Crippen molar-refractivity contribution < 1.29 is 19.1 Å². The molecular formula is C36H28BrN3O4S. The summed E-state index contributed by atoms with van der Waals surface area (Å²) in [5.41, 5.74) is 2.48. The Labute approximate surface area is 273 Å². The van der Waals surface area contributed by atoms with Gasteiger partial charge in [-0.05, 0) is 96.6 Å². The molecule has 3 amide bonds. The molecule has 0 radical (unpaired) electrons. The third-order valence-corrected chi connectivity index (χ3v) is 7.79. The van der Waals surface area contributed by atoms with Crippen LogP contribution in [0.4, 0.5) is 11.4 Å². The minimum Gasteiger partial charge on any atom is -0.457 e. The molecule has 0 spiro atoms. The number of para-hydroxylation sites is 1. The van der Waals surface area contributed by atoms with Gasteiger partial charge in [0.25, 0.3) is 11.8 Å². The Morgan fingerprint density at radius 2 is 1.31 bits per heavy atom. The van der Waals surface area contributed by atoms with E-state index in [-0.39, 0.29) is 17.4 Å². The van der Waals surface area contributed by atoms with Crippen LogP contribution in [0, 0.1) is 0 Å². The molecule has 0 aliphatic carbocycles. The van der Waals surface area contributed by atoms with Gasteiger partial charge in [-0.2, -0.15) is 0 Å². The van der Waals surface area contributed by atoms with Crippen molar-refractivity contribution in [2.24, 2.45) is 0 Å². The summed E-state index contributed by atoms with van der Waals surface area (Å²) in [4.78, 5) is 39.5. The first-order chi connectivity index (χ1) is 21.9. The molecule has 9 heteroatoms. The van der Waals surface area contributed by atoms with Gasteiger partial charge < -0.3 is 20.7 Å². The van der Waals surface area contributed by atoms with E-state index >= 15 is 0 Å². The molecule has 0 unspecified atom stereocenters. The first kappa shape index (κ1) is 31.3. The molecule has 5 aromatic rings. The number of amides is 3. The molecule has 0 saturated heterocycles. The van der Waals surface area contributed by atoms with Crippen LogP contribution in [0.5, 0.6) is 11.5 Å². The van der Waals surface area contributed by atoms with Crippen LogP contribution >= 0.6 is 27.7 Å². The standard InChI is InChI=1S/C36H28BrN3O4S/c37-27-11-7-8-25(22-27)23-33(40-35(42)26-9-3-1-4-10-26)36(43)39-29-16-20-32(21-17-29)45-24-34(41)38-28-14-18-31(19-15-28)44-30-12-5-2-6-13-30/h1-23H,24H2,(H,38,41)(H,39,43)(H,40,42)/b33-23-. The summed E-state index contributed by atoms with van der Waals surface area (Å²) in [5, 5.41) is 8.47. The molecule has 0 bridgehead atoms. The van der Waals surface area contributed by atoms with Crippen LogP contribution in [0.2, 0.25) is 0 Å². The van der Waals surface area contributed by atoms with Gasteiger partial charge in [0.1, 0.15) is 17.2 Å². The second kappa shape index (κ2) is 15.6. The minimum atomic E-state index is -0.473. The van der Waals surface area contributed by atoms with Gasteiger partial charge >= 0.3 is 0 Å². The summed E-state index contributed by atoms with van der Waals surface area (Å²) in [5.74, 6) is 0.607. The zero-order valence-electron chi connectivity index (χ0n) is 23.9. The highest BCUT2D eigenvalue weighted by Gasteiger charge is 2.15. The number of hydrogen-bond donors (Lipinski definition) is 3. The molecule has 0 saturated carbocycles. The number of anilines is 2. The number of hydrogen-bond acceptors (Lipinski definition) is 5. The maximum Gasteiger partial charge on any atom is 0.272 e. The van der Waals surface area contributed by atoms with Crippen molar-refractivity contribution in [1.82, 2.24) is 5.32 Å². The van der Waals surface area contributed by atoms with Crippen molar-refractivity contribution >= 4 is 62.9 Å². The highest BCUT2D eigenvalue weighted by Crippen LogP contribution is 2.24. The third kappa shape index (κ3) is 9.69. The molecule has 224 valence electrons. The van der Waals surface area contributed by atoms with Gasteiger partial charge in [-0.15, -0.1) is 11.8 Å². The molecule has 5 aromatic carbocycles. The lowest BCUT2D eigenvalue weighted by Gasteiger charge is -2.12. The van der Waals surface area contributed by atoms with Gasteiger partial charge in [0.15, 0.2) is 0 Å². The lowest BCUT2D eigenvalue weighted by Crippen LogP contribution is -2.30. The number of thioether (sulfide) groups is 1. The largest absolute Gasteiger partial charge is 0.457 e. The Bertz CT molecular complexity index is 1800. The normalized spacial score (nSPS) is 10.9.